The zero-order valence-corrected chi connectivity index (χ0v) is 15.5. The average molecular weight is 374 g/mol. The van der Waals surface area contributed by atoms with Crippen molar-refractivity contribution in [2.45, 2.75) is 13.1 Å². The van der Waals surface area contributed by atoms with Gasteiger partial charge in [-0.25, -0.2) is 4.98 Å². The van der Waals surface area contributed by atoms with Gasteiger partial charge in [0.25, 0.3) is 0 Å². The molecule has 1 aromatic carbocycles. The summed E-state index contributed by atoms with van der Waals surface area (Å²) in [5.74, 6) is 1.04. The van der Waals surface area contributed by atoms with E-state index in [2.05, 4.69) is 15.2 Å². The minimum absolute atomic E-state index is 0.759. The highest BCUT2D eigenvalue weighted by Crippen LogP contribution is 2.30. The number of rotatable bonds is 5. The molecule has 0 bridgehead atoms. The van der Waals surface area contributed by atoms with Gasteiger partial charge in [-0.05, 0) is 18.2 Å². The lowest BCUT2D eigenvalue weighted by Gasteiger charge is -2.33. The van der Waals surface area contributed by atoms with Crippen molar-refractivity contribution >= 4 is 22.9 Å². The molecule has 4 nitrogen and oxygen atoms in total. The standard InChI is InChI=1S/C19H20ClN3OS/c20-18-6-2-1-5-17(18)19-21-15(14-25-19)12-22-7-9-23(10-8-22)13-16-4-3-11-24-16/h1-6,11,14H,7-10,12-13H2. The first-order valence-corrected chi connectivity index (χ1v) is 9.70. The van der Waals surface area contributed by atoms with Crippen LogP contribution in [-0.2, 0) is 13.1 Å². The highest BCUT2D eigenvalue weighted by molar-refractivity contribution is 7.13. The summed E-state index contributed by atoms with van der Waals surface area (Å²) < 4.78 is 5.44. The topological polar surface area (TPSA) is 32.5 Å². The maximum atomic E-state index is 6.28. The van der Waals surface area contributed by atoms with Gasteiger partial charge in [0.1, 0.15) is 10.8 Å². The van der Waals surface area contributed by atoms with Crippen LogP contribution in [0.3, 0.4) is 0 Å². The number of aromatic nitrogens is 1. The summed E-state index contributed by atoms with van der Waals surface area (Å²) in [6, 6.07) is 11.9. The van der Waals surface area contributed by atoms with Gasteiger partial charge < -0.3 is 4.42 Å². The highest BCUT2D eigenvalue weighted by Gasteiger charge is 2.19. The Balaban J connectivity index is 1.32. The van der Waals surface area contributed by atoms with Crippen LogP contribution in [0, 0.1) is 0 Å². The smallest absolute Gasteiger partial charge is 0.125 e. The molecule has 25 heavy (non-hydrogen) atoms. The summed E-state index contributed by atoms with van der Waals surface area (Å²) in [6.45, 7) is 6.02. The summed E-state index contributed by atoms with van der Waals surface area (Å²) >= 11 is 7.94. The summed E-state index contributed by atoms with van der Waals surface area (Å²) in [7, 11) is 0. The van der Waals surface area contributed by atoms with Crippen LogP contribution in [0.4, 0.5) is 0 Å². The summed E-state index contributed by atoms with van der Waals surface area (Å²) in [6.07, 6.45) is 1.74. The first-order chi connectivity index (χ1) is 12.3. The second-order valence-corrected chi connectivity index (χ2v) is 7.52. The molecule has 0 amide bonds. The van der Waals surface area contributed by atoms with E-state index in [4.69, 9.17) is 21.0 Å². The maximum absolute atomic E-state index is 6.28. The Morgan fingerprint density at radius 3 is 2.48 bits per heavy atom. The molecule has 1 aliphatic rings. The van der Waals surface area contributed by atoms with Gasteiger partial charge in [-0.3, -0.25) is 9.80 Å². The van der Waals surface area contributed by atoms with Crippen LogP contribution in [0.15, 0.2) is 52.5 Å². The summed E-state index contributed by atoms with van der Waals surface area (Å²) in [4.78, 5) is 9.68. The average Bonchev–Trinajstić information content (AvgIpc) is 3.29. The van der Waals surface area contributed by atoms with Crippen LogP contribution in [0.2, 0.25) is 5.02 Å². The first kappa shape index (κ1) is 16.8. The molecule has 2 aromatic heterocycles. The van der Waals surface area contributed by atoms with E-state index in [9.17, 15) is 0 Å². The molecule has 0 aliphatic carbocycles. The molecule has 1 saturated heterocycles. The van der Waals surface area contributed by atoms with Crippen LogP contribution in [-0.4, -0.2) is 41.0 Å². The molecular formula is C19H20ClN3OS. The number of hydrogen-bond donors (Lipinski definition) is 0. The Bertz CT molecular complexity index is 810. The van der Waals surface area contributed by atoms with Gasteiger partial charge >= 0.3 is 0 Å². The minimum atomic E-state index is 0.759. The summed E-state index contributed by atoms with van der Waals surface area (Å²) in [5.41, 5.74) is 2.14. The molecule has 0 radical (unpaired) electrons. The zero-order chi connectivity index (χ0) is 17.1. The van der Waals surface area contributed by atoms with Crippen molar-refractivity contribution in [3.63, 3.8) is 0 Å². The third kappa shape index (κ3) is 4.12. The lowest BCUT2D eigenvalue weighted by Crippen LogP contribution is -2.45. The van der Waals surface area contributed by atoms with Crippen LogP contribution in [0.5, 0.6) is 0 Å². The van der Waals surface area contributed by atoms with Crippen LogP contribution in [0.25, 0.3) is 10.6 Å². The molecule has 0 unspecified atom stereocenters. The summed E-state index contributed by atoms with van der Waals surface area (Å²) in [5, 5.41) is 3.90. The number of halogens is 1. The number of thiazole rings is 1. The molecule has 3 aromatic rings. The maximum Gasteiger partial charge on any atom is 0.125 e. The molecule has 130 valence electrons. The van der Waals surface area contributed by atoms with Gasteiger partial charge in [0.15, 0.2) is 0 Å². The number of benzene rings is 1. The molecule has 4 rings (SSSR count). The Morgan fingerprint density at radius 1 is 1.00 bits per heavy atom. The van der Waals surface area contributed by atoms with Gasteiger partial charge in [0.05, 0.1) is 23.5 Å². The van der Waals surface area contributed by atoms with E-state index < -0.39 is 0 Å². The molecule has 0 atom stereocenters. The van der Waals surface area contributed by atoms with Crippen LogP contribution in [0.1, 0.15) is 11.5 Å². The number of nitrogens with zero attached hydrogens (tertiary/aromatic N) is 3. The second-order valence-electron chi connectivity index (χ2n) is 6.26. The largest absolute Gasteiger partial charge is 0.468 e. The van der Waals surface area contributed by atoms with E-state index in [-0.39, 0.29) is 0 Å². The number of hydrogen-bond acceptors (Lipinski definition) is 5. The van der Waals surface area contributed by atoms with E-state index in [1.807, 2.05) is 36.4 Å². The van der Waals surface area contributed by atoms with Crippen molar-refractivity contribution < 1.29 is 4.42 Å². The van der Waals surface area contributed by atoms with E-state index in [1.165, 1.54) is 0 Å². The van der Waals surface area contributed by atoms with Crippen LogP contribution >= 0.6 is 22.9 Å². The predicted molar refractivity (Wildman–Crippen MR) is 102 cm³/mol. The fourth-order valence-corrected chi connectivity index (χ4v) is 4.23. The van der Waals surface area contributed by atoms with E-state index >= 15 is 0 Å². The van der Waals surface area contributed by atoms with Crippen LogP contribution < -0.4 is 0 Å². The normalized spacial score (nSPS) is 16.4. The lowest BCUT2D eigenvalue weighted by atomic mass is 10.2. The second kappa shape index (κ2) is 7.70. The van der Waals surface area contributed by atoms with Gasteiger partial charge in [0, 0.05) is 43.7 Å². The van der Waals surface area contributed by atoms with E-state index in [0.717, 1.165) is 66.3 Å². The molecule has 1 aliphatic heterocycles. The number of piperazine rings is 1. The van der Waals surface area contributed by atoms with Crippen molar-refractivity contribution in [1.82, 2.24) is 14.8 Å². The quantitative estimate of drug-likeness (QED) is 0.664. The zero-order valence-electron chi connectivity index (χ0n) is 13.9. The van der Waals surface area contributed by atoms with E-state index in [0.29, 0.717) is 0 Å². The molecule has 3 heterocycles. The number of furan rings is 1. The van der Waals surface area contributed by atoms with Crippen molar-refractivity contribution in [3.8, 4) is 10.6 Å². The molecule has 1 fully saturated rings. The Kier molecular flexibility index (Phi) is 5.17. The third-order valence-electron chi connectivity index (χ3n) is 4.47. The SMILES string of the molecule is Clc1ccccc1-c1nc(CN2CCN(Cc3ccco3)CC2)cs1. The van der Waals surface area contributed by atoms with Gasteiger partial charge in [0.2, 0.25) is 0 Å². The fraction of sp³-hybridized carbons (Fsp3) is 0.316. The first-order valence-electron chi connectivity index (χ1n) is 8.44. The fourth-order valence-electron chi connectivity index (χ4n) is 3.10. The van der Waals surface area contributed by atoms with Gasteiger partial charge in [-0.2, -0.15) is 0 Å². The third-order valence-corrected chi connectivity index (χ3v) is 5.72. The Labute approximate surface area is 156 Å². The van der Waals surface area contributed by atoms with Crippen molar-refractivity contribution in [1.29, 1.82) is 0 Å². The highest BCUT2D eigenvalue weighted by atomic mass is 35.5. The van der Waals surface area contributed by atoms with Crippen molar-refractivity contribution in [2.75, 3.05) is 26.2 Å². The molecule has 0 spiro atoms. The predicted octanol–water partition coefficient (Wildman–Crippen LogP) is 4.37. The molecular weight excluding hydrogens is 354 g/mol. The van der Waals surface area contributed by atoms with E-state index in [1.54, 1.807) is 17.6 Å². The minimum Gasteiger partial charge on any atom is -0.468 e. The lowest BCUT2D eigenvalue weighted by molar-refractivity contribution is 0.115. The Hall–Kier alpha value is -1.66. The molecule has 0 saturated carbocycles. The molecule has 6 heteroatoms. The van der Waals surface area contributed by atoms with Crippen molar-refractivity contribution in [2.24, 2.45) is 0 Å². The van der Waals surface area contributed by atoms with Gasteiger partial charge in [-0.1, -0.05) is 29.8 Å². The monoisotopic (exact) mass is 373 g/mol. The van der Waals surface area contributed by atoms with Crippen molar-refractivity contribution in [3.05, 3.63) is 64.5 Å². The van der Waals surface area contributed by atoms with Gasteiger partial charge in [-0.15, -0.1) is 11.3 Å². The molecule has 0 N–H and O–H groups in total. The Morgan fingerprint density at radius 2 is 1.76 bits per heavy atom.